The van der Waals surface area contributed by atoms with E-state index in [2.05, 4.69) is 4.98 Å². The molecule has 3 nitrogen and oxygen atoms in total. The Balaban J connectivity index is 1.90. The van der Waals surface area contributed by atoms with E-state index in [4.69, 9.17) is 4.74 Å². The molecule has 1 atom stereocenters. The summed E-state index contributed by atoms with van der Waals surface area (Å²) in [5.41, 5.74) is 2.75. The summed E-state index contributed by atoms with van der Waals surface area (Å²) >= 11 is 0. The molecule has 0 radical (unpaired) electrons. The molecule has 0 fully saturated rings. The van der Waals surface area contributed by atoms with Gasteiger partial charge in [-0.2, -0.15) is 0 Å². The molecule has 0 saturated carbocycles. The monoisotopic (exact) mass is 309 g/mol. The Kier molecular flexibility index (Phi) is 4.06. The van der Waals surface area contributed by atoms with Crippen molar-refractivity contribution >= 4 is 16.9 Å². The highest BCUT2D eigenvalue weighted by molar-refractivity contribution is 6.03. The highest BCUT2D eigenvalue weighted by Gasteiger charge is 2.17. The minimum Gasteiger partial charge on any atom is -0.454 e. The van der Waals surface area contributed by atoms with E-state index in [1.807, 2.05) is 31.2 Å². The number of carbonyl (C=O) groups is 1. The SMILES string of the molecule is Cc1cc(C(=O)OC(C)c2ccc(F)cc2)c2ccccc2n1. The Bertz CT molecular complexity index is 859. The number of carbonyl (C=O) groups excluding carboxylic acids is 1. The van der Waals surface area contributed by atoms with Gasteiger partial charge >= 0.3 is 5.97 Å². The predicted octanol–water partition coefficient (Wildman–Crippen LogP) is 4.60. The Morgan fingerprint density at radius 1 is 1.13 bits per heavy atom. The maximum Gasteiger partial charge on any atom is 0.339 e. The number of hydrogen-bond acceptors (Lipinski definition) is 3. The van der Waals surface area contributed by atoms with Crippen molar-refractivity contribution < 1.29 is 13.9 Å². The number of hydrogen-bond donors (Lipinski definition) is 0. The molecule has 23 heavy (non-hydrogen) atoms. The highest BCUT2D eigenvalue weighted by Crippen LogP contribution is 2.23. The molecule has 1 heterocycles. The number of fused-ring (bicyclic) bond motifs is 1. The molecule has 116 valence electrons. The van der Waals surface area contributed by atoms with E-state index in [9.17, 15) is 9.18 Å². The second kappa shape index (κ2) is 6.16. The fourth-order valence-electron chi connectivity index (χ4n) is 2.50. The summed E-state index contributed by atoms with van der Waals surface area (Å²) in [5, 5.41) is 0.759. The van der Waals surface area contributed by atoms with Crippen LogP contribution in [0.5, 0.6) is 0 Å². The maximum absolute atomic E-state index is 13.0. The van der Waals surface area contributed by atoms with Crippen LogP contribution in [0.1, 0.15) is 34.6 Å². The van der Waals surface area contributed by atoms with Gasteiger partial charge in [-0.05, 0) is 43.7 Å². The lowest BCUT2D eigenvalue weighted by molar-refractivity contribution is 0.0340. The molecule has 0 saturated heterocycles. The fourth-order valence-corrected chi connectivity index (χ4v) is 2.50. The summed E-state index contributed by atoms with van der Waals surface area (Å²) in [5.74, 6) is -0.730. The zero-order valence-corrected chi connectivity index (χ0v) is 12.9. The Morgan fingerprint density at radius 2 is 1.83 bits per heavy atom. The first kappa shape index (κ1) is 15.2. The van der Waals surface area contributed by atoms with E-state index in [1.165, 1.54) is 12.1 Å². The number of nitrogens with zero attached hydrogens (tertiary/aromatic N) is 1. The number of aryl methyl sites for hydroxylation is 1. The number of rotatable bonds is 3. The first-order chi connectivity index (χ1) is 11.0. The van der Waals surface area contributed by atoms with Crippen LogP contribution in [0.25, 0.3) is 10.9 Å². The van der Waals surface area contributed by atoms with Crippen LogP contribution in [-0.2, 0) is 4.74 Å². The van der Waals surface area contributed by atoms with Gasteiger partial charge in [-0.15, -0.1) is 0 Å². The van der Waals surface area contributed by atoms with Crippen molar-refractivity contribution in [3.05, 3.63) is 77.2 Å². The van der Waals surface area contributed by atoms with Gasteiger partial charge in [-0.1, -0.05) is 30.3 Å². The first-order valence-electron chi connectivity index (χ1n) is 7.37. The second-order valence-corrected chi connectivity index (χ2v) is 5.43. The van der Waals surface area contributed by atoms with Gasteiger partial charge in [0.05, 0.1) is 11.1 Å². The Labute approximate surface area is 133 Å². The molecule has 0 aliphatic heterocycles. The third kappa shape index (κ3) is 3.21. The van der Waals surface area contributed by atoms with Gasteiger partial charge in [0.15, 0.2) is 0 Å². The van der Waals surface area contributed by atoms with Crippen LogP contribution in [0.15, 0.2) is 54.6 Å². The number of aromatic nitrogens is 1. The smallest absolute Gasteiger partial charge is 0.339 e. The van der Waals surface area contributed by atoms with Crippen molar-refractivity contribution in [2.45, 2.75) is 20.0 Å². The van der Waals surface area contributed by atoms with E-state index in [1.54, 1.807) is 25.1 Å². The molecule has 0 spiro atoms. The zero-order chi connectivity index (χ0) is 16.4. The largest absolute Gasteiger partial charge is 0.454 e. The van der Waals surface area contributed by atoms with Crippen molar-refractivity contribution in [2.75, 3.05) is 0 Å². The third-order valence-electron chi connectivity index (χ3n) is 3.69. The number of benzene rings is 2. The number of ether oxygens (including phenoxy) is 1. The van der Waals surface area contributed by atoms with Gasteiger partial charge < -0.3 is 4.74 Å². The summed E-state index contributed by atoms with van der Waals surface area (Å²) < 4.78 is 18.5. The van der Waals surface area contributed by atoms with E-state index < -0.39 is 12.1 Å². The van der Waals surface area contributed by atoms with E-state index >= 15 is 0 Å². The molecular formula is C19H16FNO2. The average Bonchev–Trinajstić information content (AvgIpc) is 2.54. The molecular weight excluding hydrogens is 293 g/mol. The van der Waals surface area contributed by atoms with Crippen LogP contribution >= 0.6 is 0 Å². The maximum atomic E-state index is 13.0. The summed E-state index contributed by atoms with van der Waals surface area (Å²) in [6.07, 6.45) is -0.463. The summed E-state index contributed by atoms with van der Waals surface area (Å²) in [4.78, 5) is 17.0. The lowest BCUT2D eigenvalue weighted by atomic mass is 10.1. The molecule has 4 heteroatoms. The van der Waals surface area contributed by atoms with Crippen molar-refractivity contribution in [2.24, 2.45) is 0 Å². The Hall–Kier alpha value is -2.75. The molecule has 0 aliphatic rings. The molecule has 1 aromatic heterocycles. The van der Waals surface area contributed by atoms with Crippen LogP contribution in [-0.4, -0.2) is 11.0 Å². The van der Waals surface area contributed by atoms with Crippen molar-refractivity contribution in [3.8, 4) is 0 Å². The van der Waals surface area contributed by atoms with Gasteiger partial charge in [0.1, 0.15) is 11.9 Å². The van der Waals surface area contributed by atoms with E-state index in [0.29, 0.717) is 5.56 Å². The first-order valence-corrected chi connectivity index (χ1v) is 7.37. The quantitative estimate of drug-likeness (QED) is 0.664. The average molecular weight is 309 g/mol. The number of para-hydroxylation sites is 1. The van der Waals surface area contributed by atoms with Gasteiger partial charge in [-0.25, -0.2) is 9.18 Å². The normalized spacial score (nSPS) is 12.1. The molecule has 0 bridgehead atoms. The van der Waals surface area contributed by atoms with Gasteiger partial charge in [-0.3, -0.25) is 4.98 Å². The lowest BCUT2D eigenvalue weighted by Gasteiger charge is -2.15. The van der Waals surface area contributed by atoms with Crippen molar-refractivity contribution in [1.29, 1.82) is 0 Å². The standard InChI is InChI=1S/C19H16FNO2/c1-12-11-17(16-5-3-4-6-18(16)21-12)19(22)23-13(2)14-7-9-15(20)10-8-14/h3-11,13H,1-2H3. The van der Waals surface area contributed by atoms with Gasteiger partial charge in [0.2, 0.25) is 0 Å². The number of esters is 1. The molecule has 0 amide bonds. The summed E-state index contributed by atoms with van der Waals surface area (Å²) in [6.45, 7) is 3.61. The zero-order valence-electron chi connectivity index (χ0n) is 12.9. The number of halogens is 1. The molecule has 3 rings (SSSR count). The molecule has 0 aliphatic carbocycles. The molecule has 3 aromatic rings. The van der Waals surface area contributed by atoms with Crippen LogP contribution in [0.2, 0.25) is 0 Å². The minimum absolute atomic E-state index is 0.317. The van der Waals surface area contributed by atoms with Crippen molar-refractivity contribution in [1.82, 2.24) is 4.98 Å². The van der Waals surface area contributed by atoms with Crippen LogP contribution in [0, 0.1) is 12.7 Å². The van der Waals surface area contributed by atoms with Crippen LogP contribution in [0.4, 0.5) is 4.39 Å². The highest BCUT2D eigenvalue weighted by atomic mass is 19.1. The van der Waals surface area contributed by atoms with Crippen LogP contribution < -0.4 is 0 Å². The second-order valence-electron chi connectivity index (χ2n) is 5.43. The molecule has 0 N–H and O–H groups in total. The molecule has 1 unspecified atom stereocenters. The number of pyridine rings is 1. The summed E-state index contributed by atoms with van der Waals surface area (Å²) in [7, 11) is 0. The minimum atomic E-state index is -0.463. The van der Waals surface area contributed by atoms with Gasteiger partial charge in [0.25, 0.3) is 0 Å². The Morgan fingerprint density at radius 3 is 2.57 bits per heavy atom. The molecule has 2 aromatic carbocycles. The van der Waals surface area contributed by atoms with E-state index in [0.717, 1.165) is 22.2 Å². The van der Waals surface area contributed by atoms with Crippen LogP contribution in [0.3, 0.4) is 0 Å². The topological polar surface area (TPSA) is 39.2 Å². The van der Waals surface area contributed by atoms with Gasteiger partial charge in [0, 0.05) is 11.1 Å². The summed E-state index contributed by atoms with van der Waals surface area (Å²) in [6, 6.07) is 15.1. The third-order valence-corrected chi connectivity index (χ3v) is 3.69. The fraction of sp³-hybridized carbons (Fsp3) is 0.158. The lowest BCUT2D eigenvalue weighted by Crippen LogP contribution is -2.10. The predicted molar refractivity (Wildman–Crippen MR) is 86.7 cm³/mol. The van der Waals surface area contributed by atoms with Crippen molar-refractivity contribution in [3.63, 3.8) is 0 Å². The van der Waals surface area contributed by atoms with E-state index in [-0.39, 0.29) is 5.82 Å².